The molecule has 0 spiro atoms. The Morgan fingerprint density at radius 1 is 0.969 bits per heavy atom. The first-order chi connectivity index (χ1) is 15.3. The Bertz CT molecular complexity index is 1050. The van der Waals surface area contributed by atoms with Gasteiger partial charge in [-0.25, -0.2) is 0 Å². The van der Waals surface area contributed by atoms with Crippen molar-refractivity contribution in [2.75, 3.05) is 24.4 Å². The highest BCUT2D eigenvalue weighted by Crippen LogP contribution is 2.44. The molecule has 1 saturated carbocycles. The van der Waals surface area contributed by atoms with Crippen molar-refractivity contribution in [1.29, 1.82) is 0 Å². The van der Waals surface area contributed by atoms with Crippen LogP contribution in [0.15, 0.2) is 42.5 Å². The van der Waals surface area contributed by atoms with Crippen LogP contribution in [0.5, 0.6) is 11.5 Å². The number of imide groups is 1. The van der Waals surface area contributed by atoms with Crippen LogP contribution in [0.3, 0.4) is 0 Å². The van der Waals surface area contributed by atoms with Crippen LogP contribution in [0.25, 0.3) is 0 Å². The van der Waals surface area contributed by atoms with Crippen LogP contribution in [0.1, 0.15) is 23.2 Å². The van der Waals surface area contributed by atoms with E-state index in [1.54, 1.807) is 42.5 Å². The smallest absolute Gasteiger partial charge is 0.255 e. The van der Waals surface area contributed by atoms with Crippen LogP contribution in [-0.4, -0.2) is 41.6 Å². The van der Waals surface area contributed by atoms with Crippen molar-refractivity contribution in [1.82, 2.24) is 0 Å². The fourth-order valence-corrected chi connectivity index (χ4v) is 5.48. The van der Waals surface area contributed by atoms with Gasteiger partial charge in [0.05, 0.1) is 37.4 Å². The third-order valence-electron chi connectivity index (χ3n) is 5.93. The number of methoxy groups -OCH3 is 2. The molecule has 3 amide bonds. The molecule has 1 heterocycles. The Hall–Kier alpha value is -2.39. The van der Waals surface area contributed by atoms with Crippen LogP contribution in [0.4, 0.5) is 11.4 Å². The minimum Gasteiger partial charge on any atom is -0.497 e. The van der Waals surface area contributed by atoms with E-state index in [0.29, 0.717) is 41.3 Å². The maximum absolute atomic E-state index is 13.1. The lowest BCUT2D eigenvalue weighted by Gasteiger charge is -2.29. The van der Waals surface area contributed by atoms with Crippen LogP contribution in [0, 0.1) is 11.8 Å². The second kappa shape index (κ2) is 9.23. The van der Waals surface area contributed by atoms with Gasteiger partial charge in [0.25, 0.3) is 5.91 Å². The van der Waals surface area contributed by atoms with Crippen LogP contribution in [0.2, 0.25) is 0 Å². The quantitative estimate of drug-likeness (QED) is 0.429. The van der Waals surface area contributed by atoms with Gasteiger partial charge >= 0.3 is 0 Å². The molecule has 0 radical (unpaired) electrons. The summed E-state index contributed by atoms with van der Waals surface area (Å²) < 4.78 is 10.5. The first kappa shape index (κ1) is 22.8. The number of benzene rings is 2. The molecule has 1 aliphatic carbocycles. The first-order valence-electron chi connectivity index (χ1n) is 10.1. The van der Waals surface area contributed by atoms with E-state index < -0.39 is 5.91 Å². The zero-order valence-electron chi connectivity index (χ0n) is 17.5. The summed E-state index contributed by atoms with van der Waals surface area (Å²) >= 11 is 7.19. The lowest BCUT2D eigenvalue weighted by atomic mass is 9.81. The molecule has 2 aliphatic rings. The van der Waals surface area contributed by atoms with Crippen LogP contribution >= 0.6 is 31.9 Å². The summed E-state index contributed by atoms with van der Waals surface area (Å²) in [5, 5.41) is 2.81. The number of carbonyl (C=O) groups is 3. The van der Waals surface area contributed by atoms with E-state index in [2.05, 4.69) is 37.2 Å². The highest BCUT2D eigenvalue weighted by atomic mass is 79.9. The average Bonchev–Trinajstić information content (AvgIpc) is 3.03. The van der Waals surface area contributed by atoms with Crippen molar-refractivity contribution in [3.05, 3.63) is 48.0 Å². The van der Waals surface area contributed by atoms with E-state index in [9.17, 15) is 14.4 Å². The van der Waals surface area contributed by atoms with Gasteiger partial charge in [0.2, 0.25) is 11.8 Å². The Morgan fingerprint density at radius 3 is 2.22 bits per heavy atom. The minimum atomic E-state index is -0.393. The van der Waals surface area contributed by atoms with Crippen LogP contribution < -0.4 is 19.7 Å². The van der Waals surface area contributed by atoms with E-state index in [-0.39, 0.29) is 33.3 Å². The van der Waals surface area contributed by atoms with Gasteiger partial charge in [0.1, 0.15) is 11.5 Å². The lowest BCUT2D eigenvalue weighted by molar-refractivity contribution is -0.122. The van der Waals surface area contributed by atoms with Gasteiger partial charge in [0, 0.05) is 21.3 Å². The number of ether oxygens (including phenoxy) is 2. The number of rotatable bonds is 5. The molecular formula is C23H22Br2N2O5. The number of carbonyl (C=O) groups excluding carboxylic acids is 3. The van der Waals surface area contributed by atoms with E-state index in [1.807, 2.05) is 0 Å². The van der Waals surface area contributed by atoms with Gasteiger partial charge in [0.15, 0.2) is 0 Å². The molecule has 4 rings (SSSR count). The summed E-state index contributed by atoms with van der Waals surface area (Å²) in [4.78, 5) is 40.6. The summed E-state index contributed by atoms with van der Waals surface area (Å²) in [6.45, 7) is 0. The lowest BCUT2D eigenvalue weighted by Crippen LogP contribution is -2.34. The van der Waals surface area contributed by atoms with E-state index in [1.165, 1.54) is 19.1 Å². The summed E-state index contributed by atoms with van der Waals surface area (Å²) in [6, 6.07) is 11.6. The maximum Gasteiger partial charge on any atom is 0.255 e. The first-order valence-corrected chi connectivity index (χ1v) is 12.0. The second-order valence-corrected chi connectivity index (χ2v) is 10.2. The highest BCUT2D eigenvalue weighted by molar-refractivity contribution is 9.12. The number of alkyl halides is 2. The molecule has 7 nitrogen and oxygen atoms in total. The molecule has 2 aromatic carbocycles. The molecule has 0 bridgehead atoms. The Balaban J connectivity index is 1.59. The molecule has 2 aromatic rings. The number of amides is 3. The highest BCUT2D eigenvalue weighted by Gasteiger charge is 2.52. The summed E-state index contributed by atoms with van der Waals surface area (Å²) in [6.07, 6.45) is 1.19. The fourth-order valence-electron chi connectivity index (χ4n) is 4.24. The van der Waals surface area contributed by atoms with Crippen molar-refractivity contribution in [3.8, 4) is 11.5 Å². The molecule has 0 unspecified atom stereocenters. The molecule has 2 fully saturated rings. The van der Waals surface area contributed by atoms with E-state index >= 15 is 0 Å². The zero-order valence-corrected chi connectivity index (χ0v) is 20.7. The maximum atomic E-state index is 13.1. The molecule has 32 heavy (non-hydrogen) atoms. The van der Waals surface area contributed by atoms with Gasteiger partial charge in [-0.3, -0.25) is 19.3 Å². The molecule has 4 atom stereocenters. The Labute approximate surface area is 202 Å². The van der Waals surface area contributed by atoms with Crippen molar-refractivity contribution in [3.63, 3.8) is 0 Å². The van der Waals surface area contributed by atoms with Gasteiger partial charge in [-0.15, -0.1) is 0 Å². The molecule has 1 aliphatic heterocycles. The largest absolute Gasteiger partial charge is 0.497 e. The van der Waals surface area contributed by atoms with Gasteiger partial charge in [-0.2, -0.15) is 0 Å². The summed E-state index contributed by atoms with van der Waals surface area (Å²) in [7, 11) is 3.05. The topological polar surface area (TPSA) is 84.9 Å². The number of fused-ring (bicyclic) bond motifs is 1. The van der Waals surface area contributed by atoms with Crippen molar-refractivity contribution < 1.29 is 23.9 Å². The summed E-state index contributed by atoms with van der Waals surface area (Å²) in [5.41, 5.74) is 1.17. The monoisotopic (exact) mass is 564 g/mol. The number of anilines is 2. The molecule has 1 saturated heterocycles. The minimum absolute atomic E-state index is 0.135. The fraction of sp³-hybridized carbons (Fsp3) is 0.348. The number of nitrogens with one attached hydrogen (secondary N) is 1. The second-order valence-electron chi connectivity index (χ2n) is 7.80. The number of hydrogen-bond donors (Lipinski definition) is 1. The Morgan fingerprint density at radius 2 is 1.62 bits per heavy atom. The molecular weight excluding hydrogens is 544 g/mol. The third-order valence-corrected chi connectivity index (χ3v) is 8.67. The number of hydrogen-bond acceptors (Lipinski definition) is 5. The van der Waals surface area contributed by atoms with E-state index in [4.69, 9.17) is 9.47 Å². The molecule has 0 aromatic heterocycles. The van der Waals surface area contributed by atoms with Crippen molar-refractivity contribution in [2.24, 2.45) is 11.8 Å². The van der Waals surface area contributed by atoms with Crippen molar-refractivity contribution in [2.45, 2.75) is 22.5 Å². The summed E-state index contributed by atoms with van der Waals surface area (Å²) in [5.74, 6) is -0.458. The normalized spacial score (nSPS) is 24.8. The molecule has 168 valence electrons. The third kappa shape index (κ3) is 4.15. The molecule has 9 heteroatoms. The van der Waals surface area contributed by atoms with Gasteiger partial charge in [-0.1, -0.05) is 37.9 Å². The standard InChI is InChI=1S/C23H22Br2N2O5/c1-31-14-6-7-20(32-2)19(9-14)26-21(28)12-4-3-5-13(8-12)27-22(29)15-10-17(24)18(25)11-16(15)23(27)30/h3-9,15-18H,10-11H2,1-2H3,(H,26,28)/t15-,16-,17-,18+/m1/s1. The predicted octanol–water partition coefficient (Wildman–Crippen LogP) is 4.38. The molecule has 1 N–H and O–H groups in total. The van der Waals surface area contributed by atoms with E-state index in [0.717, 1.165) is 0 Å². The zero-order chi connectivity index (χ0) is 23.0. The Kier molecular flexibility index (Phi) is 6.57. The van der Waals surface area contributed by atoms with Crippen LogP contribution in [-0.2, 0) is 9.59 Å². The predicted molar refractivity (Wildman–Crippen MR) is 128 cm³/mol. The average molecular weight is 566 g/mol. The van der Waals surface area contributed by atoms with Gasteiger partial charge in [-0.05, 0) is 43.2 Å². The number of nitrogens with zero attached hydrogens (tertiary/aromatic N) is 1. The van der Waals surface area contributed by atoms with Crippen molar-refractivity contribution >= 4 is 61.0 Å². The number of halogens is 2. The van der Waals surface area contributed by atoms with Gasteiger partial charge < -0.3 is 14.8 Å². The SMILES string of the molecule is COc1ccc(OC)c(NC(=O)c2cccc(N3C(=O)[C@@H]4C[C@@H](Br)[C@@H](Br)C[C@H]4C3=O)c2)c1.